The van der Waals surface area contributed by atoms with E-state index in [4.69, 9.17) is 4.74 Å². The van der Waals surface area contributed by atoms with Crippen LogP contribution in [-0.2, 0) is 9.53 Å². The Balaban J connectivity index is 1.97. The molecule has 1 unspecified atom stereocenters. The van der Waals surface area contributed by atoms with Crippen molar-refractivity contribution in [1.82, 2.24) is 20.1 Å². The molecule has 0 aliphatic heterocycles. The number of esters is 1. The van der Waals surface area contributed by atoms with Crippen molar-refractivity contribution >= 4 is 22.9 Å². The van der Waals surface area contributed by atoms with E-state index >= 15 is 0 Å². The summed E-state index contributed by atoms with van der Waals surface area (Å²) >= 11 is 0. The Morgan fingerprint density at radius 1 is 1.18 bits per heavy atom. The minimum Gasteiger partial charge on any atom is -0.452 e. The number of rotatable bonds is 9. The number of aryl methyl sites for hydroxylation is 1. The van der Waals surface area contributed by atoms with Crippen molar-refractivity contribution in [3.05, 3.63) is 23.5 Å². The van der Waals surface area contributed by atoms with Gasteiger partial charge in [0.25, 0.3) is 5.91 Å². The molecule has 2 aromatic heterocycles. The highest BCUT2D eigenvalue weighted by Crippen LogP contribution is 2.21. The molecular weight excluding hydrogens is 356 g/mol. The molecule has 1 atom stereocenters. The maximum Gasteiger partial charge on any atom is 0.339 e. The second-order valence-corrected chi connectivity index (χ2v) is 8.10. The maximum atomic E-state index is 12.6. The molecule has 0 aliphatic rings. The standard InChI is InChI=1S/C21H32N4O3/c1-13(2)8-7-9-15(5)23-19(26)12-28-21(27)17-10-16(6)24-20-18(17)11-22-25(20)14(3)4/h10-11,13-15H,7-9,12H2,1-6H3,(H,23,26). The first-order valence-corrected chi connectivity index (χ1v) is 10.00. The number of carbonyl (C=O) groups excluding carboxylic acids is 2. The van der Waals surface area contributed by atoms with Gasteiger partial charge < -0.3 is 10.1 Å². The molecule has 2 heterocycles. The molecule has 2 rings (SSSR count). The number of carbonyl (C=O) groups is 2. The summed E-state index contributed by atoms with van der Waals surface area (Å²) in [4.78, 5) is 29.1. The van der Waals surface area contributed by atoms with Crippen molar-refractivity contribution in [2.24, 2.45) is 5.92 Å². The fourth-order valence-electron chi connectivity index (χ4n) is 3.12. The molecule has 0 radical (unpaired) electrons. The molecule has 1 amide bonds. The van der Waals surface area contributed by atoms with Crippen LogP contribution < -0.4 is 5.32 Å². The van der Waals surface area contributed by atoms with Crippen LogP contribution in [0.1, 0.15) is 76.0 Å². The Morgan fingerprint density at radius 2 is 1.89 bits per heavy atom. The van der Waals surface area contributed by atoms with Crippen LogP contribution in [0.25, 0.3) is 11.0 Å². The minimum atomic E-state index is -0.540. The SMILES string of the molecule is Cc1cc(C(=O)OCC(=O)NC(C)CCCC(C)C)c2cnn(C(C)C)c2n1. The van der Waals surface area contributed by atoms with Crippen molar-refractivity contribution in [2.75, 3.05) is 6.61 Å². The number of nitrogens with one attached hydrogen (secondary N) is 1. The Kier molecular flexibility index (Phi) is 7.54. The first kappa shape index (κ1) is 21.9. The average molecular weight is 389 g/mol. The molecule has 0 spiro atoms. The highest BCUT2D eigenvalue weighted by Gasteiger charge is 2.19. The first-order valence-electron chi connectivity index (χ1n) is 10.00. The van der Waals surface area contributed by atoms with Crippen molar-refractivity contribution in [1.29, 1.82) is 0 Å². The topological polar surface area (TPSA) is 86.1 Å². The molecular formula is C21H32N4O3. The molecule has 7 nitrogen and oxygen atoms in total. The minimum absolute atomic E-state index is 0.0594. The van der Waals surface area contributed by atoms with Crippen LogP contribution in [0.3, 0.4) is 0 Å². The van der Waals surface area contributed by atoms with E-state index in [2.05, 4.69) is 29.2 Å². The number of aromatic nitrogens is 3. The third-order valence-electron chi connectivity index (χ3n) is 4.56. The summed E-state index contributed by atoms with van der Waals surface area (Å²) in [5.41, 5.74) is 1.72. The van der Waals surface area contributed by atoms with Gasteiger partial charge in [0.2, 0.25) is 0 Å². The van der Waals surface area contributed by atoms with E-state index in [1.165, 1.54) is 0 Å². The molecule has 154 valence electrons. The number of nitrogens with zero attached hydrogens (tertiary/aromatic N) is 3. The van der Waals surface area contributed by atoms with E-state index in [9.17, 15) is 9.59 Å². The van der Waals surface area contributed by atoms with Crippen LogP contribution in [0, 0.1) is 12.8 Å². The quantitative estimate of drug-likeness (QED) is 0.660. The second-order valence-electron chi connectivity index (χ2n) is 8.10. The summed E-state index contributed by atoms with van der Waals surface area (Å²) < 4.78 is 7.02. The molecule has 7 heteroatoms. The third-order valence-corrected chi connectivity index (χ3v) is 4.56. The molecule has 0 aliphatic carbocycles. The van der Waals surface area contributed by atoms with Crippen LogP contribution >= 0.6 is 0 Å². The molecule has 1 N–H and O–H groups in total. The third kappa shape index (κ3) is 5.78. The highest BCUT2D eigenvalue weighted by molar-refractivity contribution is 6.03. The van der Waals surface area contributed by atoms with E-state index in [1.54, 1.807) is 16.9 Å². The number of ether oxygens (including phenoxy) is 1. The maximum absolute atomic E-state index is 12.6. The number of amides is 1. The highest BCUT2D eigenvalue weighted by atomic mass is 16.5. The van der Waals surface area contributed by atoms with Crippen molar-refractivity contribution in [2.45, 2.75) is 72.9 Å². The first-order chi connectivity index (χ1) is 13.2. The Labute approximate surface area is 166 Å². The fourth-order valence-corrected chi connectivity index (χ4v) is 3.12. The molecule has 0 bridgehead atoms. The van der Waals surface area contributed by atoms with Gasteiger partial charge in [0, 0.05) is 17.8 Å². The van der Waals surface area contributed by atoms with E-state index in [-0.39, 0.29) is 24.6 Å². The molecule has 0 aromatic carbocycles. The van der Waals surface area contributed by atoms with Gasteiger partial charge in [-0.3, -0.25) is 4.79 Å². The Bertz CT molecular complexity index is 826. The van der Waals surface area contributed by atoms with Crippen molar-refractivity contribution in [3.8, 4) is 0 Å². The summed E-state index contributed by atoms with van der Waals surface area (Å²) in [6, 6.07) is 1.85. The number of hydrogen-bond acceptors (Lipinski definition) is 5. The normalized spacial score (nSPS) is 12.6. The summed E-state index contributed by atoms with van der Waals surface area (Å²) in [7, 11) is 0. The largest absolute Gasteiger partial charge is 0.452 e. The lowest BCUT2D eigenvalue weighted by Crippen LogP contribution is -2.35. The second kappa shape index (κ2) is 9.66. The van der Waals surface area contributed by atoms with E-state index in [0.717, 1.165) is 19.3 Å². The summed E-state index contributed by atoms with van der Waals surface area (Å²) in [5.74, 6) is -0.170. The van der Waals surface area contributed by atoms with Crippen LogP contribution in [-0.4, -0.2) is 39.3 Å². The summed E-state index contributed by atoms with van der Waals surface area (Å²) in [6.45, 7) is 11.9. The van der Waals surface area contributed by atoms with Crippen LogP contribution in [0.2, 0.25) is 0 Å². The van der Waals surface area contributed by atoms with E-state index in [0.29, 0.717) is 28.2 Å². The molecule has 2 aromatic rings. The zero-order valence-corrected chi connectivity index (χ0v) is 17.8. The zero-order valence-electron chi connectivity index (χ0n) is 17.8. The predicted molar refractivity (Wildman–Crippen MR) is 109 cm³/mol. The van der Waals surface area contributed by atoms with Gasteiger partial charge in [-0.25, -0.2) is 14.5 Å². The van der Waals surface area contributed by atoms with Gasteiger partial charge in [0.05, 0.1) is 17.1 Å². The van der Waals surface area contributed by atoms with Crippen LogP contribution in [0.15, 0.2) is 12.3 Å². The summed E-state index contributed by atoms with van der Waals surface area (Å²) in [5, 5.41) is 7.84. The van der Waals surface area contributed by atoms with Gasteiger partial charge in [-0.05, 0) is 46.1 Å². The monoisotopic (exact) mass is 388 g/mol. The molecule has 0 fully saturated rings. The van der Waals surface area contributed by atoms with Crippen LogP contribution in [0.5, 0.6) is 0 Å². The lowest BCUT2D eigenvalue weighted by molar-refractivity contribution is -0.124. The lowest BCUT2D eigenvalue weighted by atomic mass is 10.0. The van der Waals surface area contributed by atoms with Gasteiger partial charge >= 0.3 is 5.97 Å². The Morgan fingerprint density at radius 3 is 2.54 bits per heavy atom. The summed E-state index contributed by atoms with van der Waals surface area (Å²) in [6.07, 6.45) is 4.73. The Hall–Kier alpha value is -2.44. The average Bonchev–Trinajstić information content (AvgIpc) is 3.02. The molecule has 28 heavy (non-hydrogen) atoms. The number of pyridine rings is 1. The smallest absolute Gasteiger partial charge is 0.339 e. The molecule has 0 saturated carbocycles. The zero-order chi connectivity index (χ0) is 20.8. The van der Waals surface area contributed by atoms with Crippen LogP contribution in [0.4, 0.5) is 0 Å². The van der Waals surface area contributed by atoms with Gasteiger partial charge in [-0.1, -0.05) is 26.7 Å². The molecule has 0 saturated heterocycles. The van der Waals surface area contributed by atoms with Crippen molar-refractivity contribution < 1.29 is 14.3 Å². The van der Waals surface area contributed by atoms with E-state index < -0.39 is 5.97 Å². The van der Waals surface area contributed by atoms with Crippen molar-refractivity contribution in [3.63, 3.8) is 0 Å². The lowest BCUT2D eigenvalue weighted by Gasteiger charge is -2.14. The van der Waals surface area contributed by atoms with E-state index in [1.807, 2.05) is 27.7 Å². The van der Waals surface area contributed by atoms with Gasteiger partial charge in [0.15, 0.2) is 12.3 Å². The van der Waals surface area contributed by atoms with Gasteiger partial charge in [-0.15, -0.1) is 0 Å². The number of fused-ring (bicyclic) bond motifs is 1. The number of hydrogen-bond donors (Lipinski definition) is 1. The van der Waals surface area contributed by atoms with Gasteiger partial charge in [-0.2, -0.15) is 5.10 Å². The predicted octanol–water partition coefficient (Wildman–Crippen LogP) is 3.81. The fraction of sp³-hybridized carbons (Fsp3) is 0.619. The van der Waals surface area contributed by atoms with Gasteiger partial charge in [0.1, 0.15) is 0 Å².